The molecule has 0 saturated carbocycles. The predicted molar refractivity (Wildman–Crippen MR) is 93.0 cm³/mol. The van der Waals surface area contributed by atoms with Crippen molar-refractivity contribution in [2.75, 3.05) is 20.6 Å². The largest absolute Gasteiger partial charge is 0.356 e. The van der Waals surface area contributed by atoms with E-state index in [4.69, 9.17) is 0 Å². The Bertz CT molecular complexity index is 709. The van der Waals surface area contributed by atoms with E-state index in [9.17, 15) is 8.78 Å². The molecule has 0 amide bonds. The molecule has 0 aliphatic carbocycles. The third-order valence-electron chi connectivity index (χ3n) is 4.10. The minimum atomic E-state index is -0.822. The average molecular weight is 334 g/mol. The number of hydrogen-bond donors (Lipinski definition) is 1. The van der Waals surface area contributed by atoms with Crippen LogP contribution < -0.4 is 5.32 Å². The summed E-state index contributed by atoms with van der Waals surface area (Å²) in [7, 11) is 5.70. The van der Waals surface area contributed by atoms with Crippen LogP contribution in [0.3, 0.4) is 0 Å². The van der Waals surface area contributed by atoms with Gasteiger partial charge in [-0.3, -0.25) is 4.99 Å². The lowest BCUT2D eigenvalue weighted by Crippen LogP contribution is -2.40. The molecule has 130 valence electrons. The Morgan fingerprint density at radius 3 is 2.62 bits per heavy atom. The maximum Gasteiger partial charge on any atom is 0.193 e. The van der Waals surface area contributed by atoms with Crippen molar-refractivity contribution < 1.29 is 8.78 Å². The first-order valence-electron chi connectivity index (χ1n) is 7.89. The molecule has 4 nitrogen and oxygen atoms in total. The number of rotatable bonds is 5. The lowest BCUT2D eigenvalue weighted by atomic mass is 10.0. The molecular formula is C18H24F2N4. The zero-order valence-corrected chi connectivity index (χ0v) is 14.6. The number of nitrogens with zero attached hydrogens (tertiary/aromatic N) is 3. The lowest BCUT2D eigenvalue weighted by Gasteiger charge is -2.24. The summed E-state index contributed by atoms with van der Waals surface area (Å²) in [6, 6.07) is 8.09. The zero-order chi connectivity index (χ0) is 17.7. The van der Waals surface area contributed by atoms with Gasteiger partial charge in [0.25, 0.3) is 0 Å². The quantitative estimate of drug-likeness (QED) is 0.673. The Kier molecular flexibility index (Phi) is 5.95. The van der Waals surface area contributed by atoms with Crippen LogP contribution >= 0.6 is 0 Å². The van der Waals surface area contributed by atoms with Gasteiger partial charge in [0.15, 0.2) is 17.6 Å². The number of aromatic nitrogens is 1. The Hall–Kier alpha value is -2.37. The van der Waals surface area contributed by atoms with Gasteiger partial charge < -0.3 is 14.8 Å². The predicted octanol–water partition coefficient (Wildman–Crippen LogP) is 3.11. The van der Waals surface area contributed by atoms with Gasteiger partial charge in [-0.25, -0.2) is 8.78 Å². The molecule has 1 aromatic carbocycles. The minimum absolute atomic E-state index is 0.0280. The van der Waals surface area contributed by atoms with E-state index in [0.717, 1.165) is 24.1 Å². The monoisotopic (exact) mass is 334 g/mol. The molecule has 0 aliphatic heterocycles. The molecule has 1 atom stereocenters. The van der Waals surface area contributed by atoms with Crippen LogP contribution in [-0.2, 0) is 13.6 Å². The zero-order valence-electron chi connectivity index (χ0n) is 14.6. The molecule has 2 aromatic rings. The number of guanidine groups is 1. The fourth-order valence-corrected chi connectivity index (χ4v) is 2.54. The number of aliphatic imine (C=N–C) groups is 1. The maximum absolute atomic E-state index is 13.4. The minimum Gasteiger partial charge on any atom is -0.356 e. The van der Waals surface area contributed by atoms with Gasteiger partial charge in [-0.05, 0) is 35.7 Å². The maximum atomic E-state index is 13.4. The van der Waals surface area contributed by atoms with Crippen LogP contribution in [0.5, 0.6) is 0 Å². The molecule has 1 unspecified atom stereocenters. The Morgan fingerprint density at radius 2 is 2.04 bits per heavy atom. The highest BCUT2D eigenvalue weighted by atomic mass is 19.2. The normalized spacial score (nSPS) is 13.0. The highest BCUT2D eigenvalue weighted by Crippen LogP contribution is 2.17. The SMILES string of the molecule is CN=C(NCC(C)c1ccc(F)c(F)c1)N(C)Cc1cccn1C. The third-order valence-corrected chi connectivity index (χ3v) is 4.10. The molecule has 0 bridgehead atoms. The smallest absolute Gasteiger partial charge is 0.193 e. The second-order valence-corrected chi connectivity index (χ2v) is 5.97. The van der Waals surface area contributed by atoms with E-state index in [2.05, 4.69) is 20.9 Å². The molecule has 1 N–H and O–H groups in total. The molecule has 0 spiro atoms. The van der Waals surface area contributed by atoms with E-state index in [1.807, 2.05) is 38.2 Å². The summed E-state index contributed by atoms with van der Waals surface area (Å²) in [5.74, 6) is -0.854. The molecule has 1 heterocycles. The molecular weight excluding hydrogens is 310 g/mol. The van der Waals surface area contributed by atoms with E-state index < -0.39 is 11.6 Å². The first kappa shape index (κ1) is 18.0. The van der Waals surface area contributed by atoms with Crippen LogP contribution in [0.1, 0.15) is 24.1 Å². The highest BCUT2D eigenvalue weighted by molar-refractivity contribution is 5.79. The number of benzene rings is 1. The summed E-state index contributed by atoms with van der Waals surface area (Å²) in [6.45, 7) is 3.27. The van der Waals surface area contributed by atoms with Crippen LogP contribution in [0.15, 0.2) is 41.5 Å². The van der Waals surface area contributed by atoms with Gasteiger partial charge in [0.05, 0.1) is 6.54 Å². The third kappa shape index (κ3) is 4.34. The van der Waals surface area contributed by atoms with Crippen molar-refractivity contribution in [3.8, 4) is 0 Å². The van der Waals surface area contributed by atoms with Crippen molar-refractivity contribution in [3.05, 3.63) is 59.4 Å². The first-order chi connectivity index (χ1) is 11.4. The number of hydrogen-bond acceptors (Lipinski definition) is 1. The number of aryl methyl sites for hydroxylation is 1. The molecule has 1 aromatic heterocycles. The van der Waals surface area contributed by atoms with Crippen molar-refractivity contribution >= 4 is 5.96 Å². The van der Waals surface area contributed by atoms with Crippen LogP contribution in [0.2, 0.25) is 0 Å². The molecule has 0 fully saturated rings. The first-order valence-corrected chi connectivity index (χ1v) is 7.89. The molecule has 0 saturated heterocycles. The van der Waals surface area contributed by atoms with Gasteiger partial charge in [-0.1, -0.05) is 13.0 Å². The van der Waals surface area contributed by atoms with Crippen molar-refractivity contribution in [2.24, 2.45) is 12.0 Å². The van der Waals surface area contributed by atoms with E-state index in [-0.39, 0.29) is 5.92 Å². The van der Waals surface area contributed by atoms with Crippen molar-refractivity contribution in [1.29, 1.82) is 0 Å². The Labute approximate surface area is 141 Å². The van der Waals surface area contributed by atoms with Gasteiger partial charge in [-0.2, -0.15) is 0 Å². The molecule has 0 radical (unpaired) electrons. The number of halogens is 2. The fourth-order valence-electron chi connectivity index (χ4n) is 2.54. The van der Waals surface area contributed by atoms with Gasteiger partial charge in [0, 0.05) is 39.6 Å². The van der Waals surface area contributed by atoms with Gasteiger partial charge in [-0.15, -0.1) is 0 Å². The van der Waals surface area contributed by atoms with E-state index in [1.54, 1.807) is 13.1 Å². The summed E-state index contributed by atoms with van der Waals surface area (Å²) >= 11 is 0. The second kappa shape index (κ2) is 7.95. The number of nitrogens with one attached hydrogen (secondary N) is 1. The Balaban J connectivity index is 1.95. The van der Waals surface area contributed by atoms with Gasteiger partial charge >= 0.3 is 0 Å². The van der Waals surface area contributed by atoms with E-state index >= 15 is 0 Å². The highest BCUT2D eigenvalue weighted by Gasteiger charge is 2.12. The molecule has 0 aliphatic rings. The molecule has 2 rings (SSSR count). The van der Waals surface area contributed by atoms with Crippen LogP contribution in [0, 0.1) is 11.6 Å². The van der Waals surface area contributed by atoms with Gasteiger partial charge in [0.2, 0.25) is 0 Å². The average Bonchev–Trinajstić information content (AvgIpc) is 2.95. The summed E-state index contributed by atoms with van der Waals surface area (Å²) < 4.78 is 28.4. The molecule has 24 heavy (non-hydrogen) atoms. The van der Waals surface area contributed by atoms with Gasteiger partial charge in [0.1, 0.15) is 0 Å². The summed E-state index contributed by atoms with van der Waals surface area (Å²) in [4.78, 5) is 6.30. The standard InChI is InChI=1S/C18H24F2N4/c1-13(14-7-8-16(19)17(20)10-14)11-22-18(21-2)24(4)12-15-6-5-9-23(15)3/h5-10,13H,11-12H2,1-4H3,(H,21,22). The van der Waals surface area contributed by atoms with E-state index in [1.165, 1.54) is 11.8 Å². The second-order valence-electron chi connectivity index (χ2n) is 5.97. The Morgan fingerprint density at radius 1 is 1.29 bits per heavy atom. The molecule has 6 heteroatoms. The summed E-state index contributed by atoms with van der Waals surface area (Å²) in [5, 5.41) is 3.28. The van der Waals surface area contributed by atoms with Crippen LogP contribution in [-0.4, -0.2) is 36.1 Å². The van der Waals surface area contributed by atoms with Crippen molar-refractivity contribution in [3.63, 3.8) is 0 Å². The van der Waals surface area contributed by atoms with Crippen LogP contribution in [0.25, 0.3) is 0 Å². The van der Waals surface area contributed by atoms with Crippen molar-refractivity contribution in [1.82, 2.24) is 14.8 Å². The van der Waals surface area contributed by atoms with Crippen LogP contribution in [0.4, 0.5) is 8.78 Å². The summed E-state index contributed by atoms with van der Waals surface area (Å²) in [5.41, 5.74) is 1.93. The summed E-state index contributed by atoms with van der Waals surface area (Å²) in [6.07, 6.45) is 2.00. The lowest BCUT2D eigenvalue weighted by molar-refractivity contribution is 0.459. The van der Waals surface area contributed by atoms with Crippen molar-refractivity contribution in [2.45, 2.75) is 19.4 Å². The fraction of sp³-hybridized carbons (Fsp3) is 0.389. The van der Waals surface area contributed by atoms with E-state index in [0.29, 0.717) is 6.54 Å². The topological polar surface area (TPSA) is 32.6 Å².